The largest absolute Gasteiger partial charge is 0.465 e. The molecule has 2 rings (SSSR count). The van der Waals surface area contributed by atoms with Crippen LogP contribution >= 0.6 is 0 Å². The second-order valence-corrected chi connectivity index (χ2v) is 5.82. The van der Waals surface area contributed by atoms with Gasteiger partial charge in [-0.1, -0.05) is 13.8 Å². The standard InChI is InChI=1S/C13H20N2O4/c1-8(2)10(17)11-13(3-4-13)5-6-15(11)9(16)7-14-12(18)19/h8,11,14H,3-7H2,1-2H3,(H,18,19)/t11-/m1/s1. The first kappa shape index (κ1) is 13.8. The summed E-state index contributed by atoms with van der Waals surface area (Å²) in [6.45, 7) is 3.99. The molecule has 1 saturated carbocycles. The zero-order valence-corrected chi connectivity index (χ0v) is 11.3. The fourth-order valence-corrected chi connectivity index (χ4v) is 2.92. The van der Waals surface area contributed by atoms with Gasteiger partial charge in [0.05, 0.1) is 6.04 Å². The average Bonchev–Trinajstić information content (AvgIpc) is 2.99. The number of nitrogens with one attached hydrogen (secondary N) is 1. The van der Waals surface area contributed by atoms with E-state index in [1.807, 2.05) is 13.8 Å². The topological polar surface area (TPSA) is 86.7 Å². The predicted molar refractivity (Wildman–Crippen MR) is 67.7 cm³/mol. The normalized spacial score (nSPS) is 23.7. The molecule has 6 nitrogen and oxygen atoms in total. The Kier molecular flexibility index (Phi) is 3.52. The lowest BCUT2D eigenvalue weighted by molar-refractivity contribution is -0.139. The first-order valence-corrected chi connectivity index (χ1v) is 6.67. The fourth-order valence-electron chi connectivity index (χ4n) is 2.92. The number of Topliss-reactive ketones (excluding diaryl/α,β-unsaturated/α-hetero) is 1. The van der Waals surface area contributed by atoms with Crippen molar-refractivity contribution < 1.29 is 19.5 Å². The van der Waals surface area contributed by atoms with Crippen molar-refractivity contribution in [1.29, 1.82) is 0 Å². The summed E-state index contributed by atoms with van der Waals surface area (Å²) in [5.41, 5.74) is -0.0137. The second-order valence-electron chi connectivity index (χ2n) is 5.82. The fraction of sp³-hybridized carbons (Fsp3) is 0.769. The van der Waals surface area contributed by atoms with Gasteiger partial charge in [-0.25, -0.2) is 4.79 Å². The number of nitrogens with zero attached hydrogens (tertiary/aromatic N) is 1. The highest BCUT2D eigenvalue weighted by Crippen LogP contribution is 2.57. The summed E-state index contributed by atoms with van der Waals surface area (Å²) in [5, 5.41) is 10.6. The summed E-state index contributed by atoms with van der Waals surface area (Å²) in [6, 6.07) is -0.351. The molecular formula is C13H20N2O4. The molecule has 0 radical (unpaired) electrons. The van der Waals surface area contributed by atoms with Crippen LogP contribution in [0.1, 0.15) is 33.1 Å². The molecule has 0 bridgehead atoms. The smallest absolute Gasteiger partial charge is 0.405 e. The number of hydrogen-bond donors (Lipinski definition) is 2. The molecule has 2 amide bonds. The molecule has 0 aromatic heterocycles. The number of rotatable bonds is 4. The molecule has 2 aliphatic rings. The van der Waals surface area contributed by atoms with E-state index in [1.54, 1.807) is 4.90 Å². The van der Waals surface area contributed by atoms with Gasteiger partial charge in [-0.05, 0) is 24.7 Å². The summed E-state index contributed by atoms with van der Waals surface area (Å²) in [4.78, 5) is 36.4. The third-order valence-electron chi connectivity index (χ3n) is 4.18. The number of ketones is 1. The third kappa shape index (κ3) is 2.57. The molecule has 1 spiro atoms. The van der Waals surface area contributed by atoms with Gasteiger partial charge in [-0.2, -0.15) is 0 Å². The Hall–Kier alpha value is -1.59. The van der Waals surface area contributed by atoms with Crippen LogP contribution in [0.4, 0.5) is 4.79 Å². The Labute approximate surface area is 112 Å². The van der Waals surface area contributed by atoms with Crippen LogP contribution in [-0.4, -0.2) is 46.9 Å². The maximum absolute atomic E-state index is 12.3. The van der Waals surface area contributed by atoms with E-state index in [0.717, 1.165) is 19.3 Å². The van der Waals surface area contributed by atoms with Gasteiger partial charge in [0.1, 0.15) is 6.54 Å². The zero-order chi connectivity index (χ0) is 14.2. The molecule has 2 N–H and O–H groups in total. The molecule has 1 heterocycles. The quantitative estimate of drug-likeness (QED) is 0.791. The van der Waals surface area contributed by atoms with Crippen LogP contribution in [0.5, 0.6) is 0 Å². The highest BCUT2D eigenvalue weighted by atomic mass is 16.4. The molecular weight excluding hydrogens is 248 g/mol. The molecule has 106 valence electrons. The Morgan fingerprint density at radius 2 is 1.95 bits per heavy atom. The maximum Gasteiger partial charge on any atom is 0.405 e. The minimum absolute atomic E-state index is 0.0137. The number of amides is 2. The SMILES string of the molecule is CC(C)C(=O)[C@H]1N(C(=O)CNC(=O)O)CCC12CC2. The maximum atomic E-state index is 12.3. The van der Waals surface area contributed by atoms with Crippen LogP contribution in [-0.2, 0) is 9.59 Å². The Balaban J connectivity index is 2.09. The van der Waals surface area contributed by atoms with Gasteiger partial charge in [0, 0.05) is 12.5 Å². The molecule has 1 atom stereocenters. The van der Waals surface area contributed by atoms with Gasteiger partial charge < -0.3 is 15.3 Å². The molecule has 1 aliphatic carbocycles. The Morgan fingerprint density at radius 3 is 2.42 bits per heavy atom. The van der Waals surface area contributed by atoms with E-state index in [0.29, 0.717) is 6.54 Å². The van der Waals surface area contributed by atoms with Gasteiger partial charge >= 0.3 is 6.09 Å². The summed E-state index contributed by atoms with van der Waals surface area (Å²) >= 11 is 0. The van der Waals surface area contributed by atoms with Crippen LogP contribution < -0.4 is 5.32 Å². The number of carboxylic acid groups (broad SMARTS) is 1. The summed E-state index contributed by atoms with van der Waals surface area (Å²) in [7, 11) is 0. The van der Waals surface area contributed by atoms with Crippen molar-refractivity contribution in [3.8, 4) is 0 Å². The lowest BCUT2D eigenvalue weighted by Gasteiger charge is -2.28. The van der Waals surface area contributed by atoms with E-state index in [9.17, 15) is 14.4 Å². The van der Waals surface area contributed by atoms with Crippen LogP contribution in [0.3, 0.4) is 0 Å². The van der Waals surface area contributed by atoms with Crippen molar-refractivity contribution in [3.05, 3.63) is 0 Å². The van der Waals surface area contributed by atoms with E-state index in [4.69, 9.17) is 5.11 Å². The van der Waals surface area contributed by atoms with Gasteiger partial charge in [0.15, 0.2) is 5.78 Å². The van der Waals surface area contributed by atoms with E-state index < -0.39 is 6.09 Å². The van der Waals surface area contributed by atoms with Gasteiger partial charge in [0.25, 0.3) is 0 Å². The molecule has 1 saturated heterocycles. The third-order valence-corrected chi connectivity index (χ3v) is 4.18. The molecule has 19 heavy (non-hydrogen) atoms. The number of carbonyl (C=O) groups is 3. The average molecular weight is 268 g/mol. The summed E-state index contributed by atoms with van der Waals surface area (Å²) < 4.78 is 0. The number of carbonyl (C=O) groups excluding carboxylic acids is 2. The van der Waals surface area contributed by atoms with Gasteiger partial charge in [0.2, 0.25) is 5.91 Å². The highest BCUT2D eigenvalue weighted by Gasteiger charge is 2.59. The number of hydrogen-bond acceptors (Lipinski definition) is 3. The Morgan fingerprint density at radius 1 is 1.32 bits per heavy atom. The monoisotopic (exact) mass is 268 g/mol. The van der Waals surface area contributed by atoms with Gasteiger partial charge in [-0.3, -0.25) is 9.59 Å². The molecule has 0 aromatic rings. The van der Waals surface area contributed by atoms with Crippen molar-refractivity contribution in [1.82, 2.24) is 10.2 Å². The van der Waals surface area contributed by atoms with E-state index in [1.165, 1.54) is 0 Å². The van der Waals surface area contributed by atoms with Crippen molar-refractivity contribution in [2.75, 3.05) is 13.1 Å². The van der Waals surface area contributed by atoms with E-state index >= 15 is 0 Å². The molecule has 1 aliphatic heterocycles. The summed E-state index contributed by atoms with van der Waals surface area (Å²) in [6.07, 6.45) is 1.62. The first-order valence-electron chi connectivity index (χ1n) is 6.67. The molecule has 2 fully saturated rings. The van der Waals surface area contributed by atoms with Crippen molar-refractivity contribution >= 4 is 17.8 Å². The lowest BCUT2D eigenvalue weighted by Crippen LogP contribution is -2.48. The second kappa shape index (κ2) is 4.83. The minimum Gasteiger partial charge on any atom is -0.465 e. The van der Waals surface area contributed by atoms with Gasteiger partial charge in [-0.15, -0.1) is 0 Å². The van der Waals surface area contributed by atoms with Crippen LogP contribution in [0.15, 0.2) is 0 Å². The van der Waals surface area contributed by atoms with Crippen LogP contribution in [0.2, 0.25) is 0 Å². The number of likely N-dealkylation sites (tertiary alicyclic amines) is 1. The van der Waals surface area contributed by atoms with Crippen molar-refractivity contribution in [3.63, 3.8) is 0 Å². The van der Waals surface area contributed by atoms with E-state index in [-0.39, 0.29) is 35.6 Å². The van der Waals surface area contributed by atoms with E-state index in [2.05, 4.69) is 5.32 Å². The van der Waals surface area contributed by atoms with Crippen molar-refractivity contribution in [2.45, 2.75) is 39.2 Å². The minimum atomic E-state index is -1.22. The summed E-state index contributed by atoms with van der Waals surface area (Å²) in [5.74, 6) is -0.313. The molecule has 0 unspecified atom stereocenters. The predicted octanol–water partition coefficient (Wildman–Crippen LogP) is 0.860. The molecule has 6 heteroatoms. The van der Waals surface area contributed by atoms with Crippen LogP contribution in [0.25, 0.3) is 0 Å². The highest BCUT2D eigenvalue weighted by molar-refractivity contribution is 5.93. The first-order chi connectivity index (χ1) is 8.87. The lowest BCUT2D eigenvalue weighted by atomic mass is 9.88. The van der Waals surface area contributed by atoms with Crippen molar-refractivity contribution in [2.24, 2.45) is 11.3 Å². The molecule has 0 aromatic carbocycles. The Bertz CT molecular complexity index is 415. The van der Waals surface area contributed by atoms with Crippen LogP contribution in [0, 0.1) is 11.3 Å². The zero-order valence-electron chi connectivity index (χ0n) is 11.3.